The highest BCUT2D eigenvalue weighted by atomic mass is 35.5. The zero-order valence-electron chi connectivity index (χ0n) is 10.5. The Bertz CT molecular complexity index is 572. The minimum Gasteiger partial charge on any atom is -0.339 e. The maximum absolute atomic E-state index is 13.9. The van der Waals surface area contributed by atoms with Crippen LogP contribution in [0.4, 0.5) is 15.8 Å². The minimum atomic E-state index is -0.259. The van der Waals surface area contributed by atoms with Crippen molar-refractivity contribution in [3.05, 3.63) is 58.9 Å². The SMILES string of the molecule is CCN(c1ccccc1F)c1cccc(Cl)c1CCl. The van der Waals surface area contributed by atoms with Crippen molar-refractivity contribution in [1.82, 2.24) is 0 Å². The maximum Gasteiger partial charge on any atom is 0.146 e. The van der Waals surface area contributed by atoms with Gasteiger partial charge in [0.25, 0.3) is 0 Å². The first-order chi connectivity index (χ1) is 9.19. The van der Waals surface area contributed by atoms with Gasteiger partial charge in [-0.25, -0.2) is 4.39 Å². The molecular formula is C15H14Cl2FN. The van der Waals surface area contributed by atoms with Crippen molar-refractivity contribution in [2.45, 2.75) is 12.8 Å². The molecule has 0 N–H and O–H groups in total. The van der Waals surface area contributed by atoms with Crippen molar-refractivity contribution < 1.29 is 4.39 Å². The predicted molar refractivity (Wildman–Crippen MR) is 80.1 cm³/mol. The van der Waals surface area contributed by atoms with Gasteiger partial charge in [-0.15, -0.1) is 11.6 Å². The van der Waals surface area contributed by atoms with Gasteiger partial charge in [0, 0.05) is 22.8 Å². The first kappa shape index (κ1) is 14.2. The third kappa shape index (κ3) is 2.85. The lowest BCUT2D eigenvalue weighted by Crippen LogP contribution is -2.18. The Kier molecular flexibility index (Phi) is 4.67. The largest absolute Gasteiger partial charge is 0.339 e. The molecule has 2 rings (SSSR count). The summed E-state index contributed by atoms with van der Waals surface area (Å²) in [6.07, 6.45) is 0. The Balaban J connectivity index is 2.55. The molecule has 0 fully saturated rings. The molecule has 0 heterocycles. The van der Waals surface area contributed by atoms with Crippen molar-refractivity contribution in [2.24, 2.45) is 0 Å². The number of para-hydroxylation sites is 1. The highest BCUT2D eigenvalue weighted by Gasteiger charge is 2.16. The van der Waals surface area contributed by atoms with Crippen molar-refractivity contribution in [3.8, 4) is 0 Å². The van der Waals surface area contributed by atoms with Gasteiger partial charge in [-0.1, -0.05) is 29.8 Å². The molecule has 0 aliphatic rings. The van der Waals surface area contributed by atoms with Crippen LogP contribution in [0.1, 0.15) is 12.5 Å². The van der Waals surface area contributed by atoms with Crippen molar-refractivity contribution in [2.75, 3.05) is 11.4 Å². The summed E-state index contributed by atoms with van der Waals surface area (Å²) >= 11 is 12.1. The molecular weight excluding hydrogens is 284 g/mol. The summed E-state index contributed by atoms with van der Waals surface area (Å²) in [6.45, 7) is 2.59. The van der Waals surface area contributed by atoms with E-state index in [4.69, 9.17) is 23.2 Å². The van der Waals surface area contributed by atoms with E-state index in [1.807, 2.05) is 30.0 Å². The van der Waals surface area contributed by atoms with Crippen molar-refractivity contribution in [3.63, 3.8) is 0 Å². The molecule has 2 aromatic carbocycles. The minimum absolute atomic E-state index is 0.259. The summed E-state index contributed by atoms with van der Waals surface area (Å²) in [6, 6.07) is 12.2. The van der Waals surface area contributed by atoms with Crippen molar-refractivity contribution in [1.29, 1.82) is 0 Å². The average molecular weight is 298 g/mol. The molecule has 0 saturated carbocycles. The number of halogens is 3. The molecule has 0 radical (unpaired) electrons. The smallest absolute Gasteiger partial charge is 0.146 e. The average Bonchev–Trinajstić information content (AvgIpc) is 2.42. The molecule has 0 aliphatic carbocycles. The van der Waals surface area contributed by atoms with Gasteiger partial charge in [0.2, 0.25) is 0 Å². The molecule has 0 bridgehead atoms. The van der Waals surface area contributed by atoms with Gasteiger partial charge in [-0.3, -0.25) is 0 Å². The van der Waals surface area contributed by atoms with Crippen LogP contribution in [0.5, 0.6) is 0 Å². The second kappa shape index (κ2) is 6.27. The number of anilines is 2. The molecule has 4 heteroatoms. The Morgan fingerprint density at radius 3 is 2.37 bits per heavy atom. The number of hydrogen-bond donors (Lipinski definition) is 0. The molecule has 100 valence electrons. The van der Waals surface area contributed by atoms with Crippen LogP contribution >= 0.6 is 23.2 Å². The monoisotopic (exact) mass is 297 g/mol. The van der Waals surface area contributed by atoms with E-state index in [1.165, 1.54) is 6.07 Å². The summed E-state index contributed by atoms with van der Waals surface area (Å²) in [5.41, 5.74) is 2.18. The molecule has 0 atom stereocenters. The third-order valence-electron chi connectivity index (χ3n) is 2.98. The van der Waals surface area contributed by atoms with Crippen LogP contribution in [-0.2, 0) is 5.88 Å². The van der Waals surface area contributed by atoms with Crippen LogP contribution < -0.4 is 4.90 Å². The van der Waals surface area contributed by atoms with E-state index in [9.17, 15) is 4.39 Å². The Hall–Kier alpha value is -1.25. The van der Waals surface area contributed by atoms with Crippen LogP contribution in [0.3, 0.4) is 0 Å². The molecule has 19 heavy (non-hydrogen) atoms. The summed E-state index contributed by atoms with van der Waals surface area (Å²) in [5.74, 6) is 0.0322. The maximum atomic E-state index is 13.9. The van der Waals surface area contributed by atoms with Crippen LogP contribution in [0.15, 0.2) is 42.5 Å². The van der Waals surface area contributed by atoms with Gasteiger partial charge in [0.1, 0.15) is 5.82 Å². The Morgan fingerprint density at radius 1 is 1.05 bits per heavy atom. The lowest BCUT2D eigenvalue weighted by atomic mass is 10.1. The second-order valence-corrected chi connectivity index (χ2v) is 4.74. The topological polar surface area (TPSA) is 3.24 Å². The van der Waals surface area contributed by atoms with E-state index in [-0.39, 0.29) is 5.82 Å². The summed E-state index contributed by atoms with van der Waals surface area (Å²) in [5, 5.41) is 0.599. The lowest BCUT2D eigenvalue weighted by Gasteiger charge is -2.26. The predicted octanol–water partition coefficient (Wildman–Crippen LogP) is 5.38. The molecule has 0 spiro atoms. The van der Waals surface area contributed by atoms with Crippen LogP contribution in [-0.4, -0.2) is 6.54 Å². The quantitative estimate of drug-likeness (QED) is 0.685. The lowest BCUT2D eigenvalue weighted by molar-refractivity contribution is 0.625. The van der Waals surface area contributed by atoms with E-state index >= 15 is 0 Å². The van der Waals surface area contributed by atoms with Crippen molar-refractivity contribution >= 4 is 34.6 Å². The van der Waals surface area contributed by atoms with E-state index in [0.29, 0.717) is 23.1 Å². The van der Waals surface area contributed by atoms with E-state index in [0.717, 1.165) is 11.3 Å². The first-order valence-electron chi connectivity index (χ1n) is 6.04. The Morgan fingerprint density at radius 2 is 1.74 bits per heavy atom. The second-order valence-electron chi connectivity index (χ2n) is 4.07. The fourth-order valence-corrected chi connectivity index (χ4v) is 2.66. The van der Waals surface area contributed by atoms with Gasteiger partial charge in [0.15, 0.2) is 0 Å². The third-order valence-corrected chi connectivity index (χ3v) is 3.60. The highest BCUT2D eigenvalue weighted by Crippen LogP contribution is 2.34. The molecule has 0 saturated heterocycles. The van der Waals surface area contributed by atoms with Crippen LogP contribution in [0.2, 0.25) is 5.02 Å². The summed E-state index contributed by atoms with van der Waals surface area (Å²) < 4.78 is 13.9. The number of rotatable bonds is 4. The fourth-order valence-electron chi connectivity index (χ4n) is 2.07. The van der Waals surface area contributed by atoms with Gasteiger partial charge < -0.3 is 4.90 Å². The van der Waals surface area contributed by atoms with Crippen LogP contribution in [0.25, 0.3) is 0 Å². The number of alkyl halides is 1. The Labute approximate surface area is 122 Å². The molecule has 1 nitrogen and oxygen atoms in total. The number of benzene rings is 2. The molecule has 0 unspecified atom stereocenters. The fraction of sp³-hybridized carbons (Fsp3) is 0.200. The zero-order chi connectivity index (χ0) is 13.8. The summed E-state index contributed by atoms with van der Waals surface area (Å²) in [4.78, 5) is 1.87. The highest BCUT2D eigenvalue weighted by molar-refractivity contribution is 6.32. The van der Waals surface area contributed by atoms with E-state index in [1.54, 1.807) is 18.2 Å². The van der Waals surface area contributed by atoms with Gasteiger partial charge in [-0.2, -0.15) is 0 Å². The molecule has 0 aromatic heterocycles. The van der Waals surface area contributed by atoms with Crippen LogP contribution in [0, 0.1) is 5.82 Å². The van der Waals surface area contributed by atoms with E-state index in [2.05, 4.69) is 0 Å². The van der Waals surface area contributed by atoms with Gasteiger partial charge in [-0.05, 0) is 31.2 Å². The number of nitrogens with zero attached hydrogens (tertiary/aromatic N) is 1. The zero-order valence-corrected chi connectivity index (χ0v) is 12.0. The first-order valence-corrected chi connectivity index (χ1v) is 6.95. The summed E-state index contributed by atoms with van der Waals surface area (Å²) in [7, 11) is 0. The van der Waals surface area contributed by atoms with Gasteiger partial charge >= 0.3 is 0 Å². The standard InChI is InChI=1S/C15H14Cl2FN/c1-2-19(15-8-4-3-7-13(15)18)14-9-5-6-12(17)11(14)10-16/h3-9H,2,10H2,1H3. The van der Waals surface area contributed by atoms with Gasteiger partial charge in [0.05, 0.1) is 11.6 Å². The number of hydrogen-bond acceptors (Lipinski definition) is 1. The van der Waals surface area contributed by atoms with E-state index < -0.39 is 0 Å². The normalized spacial score (nSPS) is 10.5. The molecule has 0 aliphatic heterocycles. The molecule has 0 amide bonds. The molecule has 2 aromatic rings.